The number of hydrogen-bond donors (Lipinski definition) is 2. The third-order valence-electron chi connectivity index (χ3n) is 3.90. The molecule has 0 aromatic heterocycles. The molecule has 1 aliphatic carbocycles. The maximum atomic E-state index is 11.7. The monoisotopic (exact) mass is 404 g/mol. The van der Waals surface area contributed by atoms with Crippen LogP contribution in [0.4, 0.5) is 11.4 Å². The first-order chi connectivity index (χ1) is 9.94. The molecule has 1 aliphatic rings. The summed E-state index contributed by atoms with van der Waals surface area (Å²) in [6, 6.07) is 4.78. The zero-order chi connectivity index (χ0) is 15.5. The zero-order valence-corrected chi connectivity index (χ0v) is 13.6. The predicted molar refractivity (Wildman–Crippen MR) is 87.5 cm³/mol. The summed E-state index contributed by atoms with van der Waals surface area (Å²) in [6.45, 7) is 0. The standard InChI is InChI=1S/C14H17IN2O4/c15-10-5-6-11(12(9-10)17(20)21)16-14(13(18)19)7-3-1-2-4-8-14/h5-6,9,16H,1-4,7-8H2,(H,18,19). The van der Waals surface area contributed by atoms with Gasteiger partial charge in [-0.25, -0.2) is 4.79 Å². The van der Waals surface area contributed by atoms with Gasteiger partial charge in [0.1, 0.15) is 11.2 Å². The maximum absolute atomic E-state index is 11.7. The quantitative estimate of drug-likeness (QED) is 0.345. The molecule has 0 bridgehead atoms. The van der Waals surface area contributed by atoms with Crippen LogP contribution in [0.15, 0.2) is 18.2 Å². The van der Waals surface area contributed by atoms with E-state index in [4.69, 9.17) is 0 Å². The first-order valence-electron chi connectivity index (χ1n) is 6.90. The highest BCUT2D eigenvalue weighted by Crippen LogP contribution is 2.35. The van der Waals surface area contributed by atoms with Crippen molar-refractivity contribution < 1.29 is 14.8 Å². The molecule has 0 amide bonds. The second-order valence-electron chi connectivity index (χ2n) is 5.35. The lowest BCUT2D eigenvalue weighted by Crippen LogP contribution is -2.46. The molecule has 0 unspecified atom stereocenters. The topological polar surface area (TPSA) is 92.5 Å². The van der Waals surface area contributed by atoms with Gasteiger partial charge in [0, 0.05) is 9.64 Å². The summed E-state index contributed by atoms with van der Waals surface area (Å²) >= 11 is 2.00. The second-order valence-corrected chi connectivity index (χ2v) is 6.59. The molecule has 2 N–H and O–H groups in total. The van der Waals surface area contributed by atoms with Gasteiger partial charge in [0.15, 0.2) is 0 Å². The molecule has 1 aromatic carbocycles. The minimum atomic E-state index is -1.10. The number of anilines is 1. The van der Waals surface area contributed by atoms with E-state index in [0.717, 1.165) is 29.3 Å². The Labute approximate surface area is 136 Å². The number of carboxylic acids is 1. The van der Waals surface area contributed by atoms with Gasteiger partial charge in [0.2, 0.25) is 0 Å². The van der Waals surface area contributed by atoms with E-state index in [2.05, 4.69) is 5.32 Å². The van der Waals surface area contributed by atoms with Gasteiger partial charge in [-0.05, 0) is 47.6 Å². The Balaban J connectivity index is 2.37. The molecule has 1 saturated carbocycles. The van der Waals surface area contributed by atoms with Crippen LogP contribution in [0.25, 0.3) is 0 Å². The fraction of sp³-hybridized carbons (Fsp3) is 0.500. The maximum Gasteiger partial charge on any atom is 0.329 e. The summed E-state index contributed by atoms with van der Waals surface area (Å²) in [7, 11) is 0. The molecule has 0 radical (unpaired) electrons. The van der Waals surface area contributed by atoms with Crippen molar-refractivity contribution in [2.45, 2.75) is 44.1 Å². The average molecular weight is 404 g/mol. The smallest absolute Gasteiger partial charge is 0.329 e. The van der Waals surface area contributed by atoms with Crippen LogP contribution in [0, 0.1) is 13.7 Å². The van der Waals surface area contributed by atoms with Crippen molar-refractivity contribution >= 4 is 39.9 Å². The lowest BCUT2D eigenvalue weighted by atomic mass is 9.89. The third kappa shape index (κ3) is 3.63. The van der Waals surface area contributed by atoms with Crippen molar-refractivity contribution in [3.05, 3.63) is 31.9 Å². The summed E-state index contributed by atoms with van der Waals surface area (Å²) < 4.78 is 0.745. The fourth-order valence-electron chi connectivity index (χ4n) is 2.74. The van der Waals surface area contributed by atoms with Crippen LogP contribution in [0.5, 0.6) is 0 Å². The molecule has 1 fully saturated rings. The minimum Gasteiger partial charge on any atom is -0.480 e. The van der Waals surface area contributed by atoms with Crippen molar-refractivity contribution in [3.63, 3.8) is 0 Å². The zero-order valence-electron chi connectivity index (χ0n) is 11.5. The Bertz CT molecular complexity index is 554. The van der Waals surface area contributed by atoms with Gasteiger partial charge in [0.25, 0.3) is 5.69 Å². The number of aliphatic carboxylic acids is 1. The lowest BCUT2D eigenvalue weighted by molar-refractivity contribution is -0.384. The van der Waals surface area contributed by atoms with Gasteiger partial charge in [-0.2, -0.15) is 0 Å². The van der Waals surface area contributed by atoms with Crippen molar-refractivity contribution in [3.8, 4) is 0 Å². The van der Waals surface area contributed by atoms with Gasteiger partial charge in [-0.1, -0.05) is 25.7 Å². The van der Waals surface area contributed by atoms with E-state index >= 15 is 0 Å². The van der Waals surface area contributed by atoms with Crippen molar-refractivity contribution in [1.29, 1.82) is 0 Å². The number of hydrogen-bond acceptors (Lipinski definition) is 4. The predicted octanol–water partition coefficient (Wildman–Crippen LogP) is 3.79. The molecule has 0 atom stereocenters. The highest BCUT2D eigenvalue weighted by molar-refractivity contribution is 14.1. The first kappa shape index (κ1) is 16.0. The van der Waals surface area contributed by atoms with Crippen LogP contribution in [0.2, 0.25) is 0 Å². The summed E-state index contributed by atoms with van der Waals surface area (Å²) in [5, 5.41) is 23.8. The second kappa shape index (κ2) is 6.59. The Morgan fingerprint density at radius 2 is 1.90 bits per heavy atom. The van der Waals surface area contributed by atoms with E-state index < -0.39 is 16.4 Å². The highest BCUT2D eigenvalue weighted by atomic mass is 127. The molecule has 21 heavy (non-hydrogen) atoms. The van der Waals surface area contributed by atoms with Crippen molar-refractivity contribution in [2.24, 2.45) is 0 Å². The average Bonchev–Trinajstić information content (AvgIpc) is 2.67. The lowest BCUT2D eigenvalue weighted by Gasteiger charge is -2.30. The van der Waals surface area contributed by atoms with E-state index in [1.165, 1.54) is 6.07 Å². The van der Waals surface area contributed by atoms with Gasteiger partial charge in [-0.15, -0.1) is 0 Å². The number of nitrogens with one attached hydrogen (secondary N) is 1. The molecule has 6 nitrogen and oxygen atoms in total. The minimum absolute atomic E-state index is 0.0771. The SMILES string of the molecule is O=C(O)C1(Nc2ccc(I)cc2[N+](=O)[O-])CCCCCC1. The van der Waals surface area contributed by atoms with Crippen molar-refractivity contribution in [1.82, 2.24) is 0 Å². The molecule has 2 rings (SSSR count). The van der Waals surface area contributed by atoms with Gasteiger partial charge in [0.05, 0.1) is 4.92 Å². The molecule has 7 heteroatoms. The molecular weight excluding hydrogens is 387 g/mol. The molecule has 0 aliphatic heterocycles. The van der Waals surface area contributed by atoms with Crippen LogP contribution in [-0.2, 0) is 4.79 Å². The van der Waals surface area contributed by atoms with E-state index in [9.17, 15) is 20.0 Å². The van der Waals surface area contributed by atoms with E-state index in [1.807, 2.05) is 22.6 Å². The number of benzene rings is 1. The first-order valence-corrected chi connectivity index (χ1v) is 7.98. The summed E-state index contributed by atoms with van der Waals surface area (Å²) in [4.78, 5) is 22.4. The van der Waals surface area contributed by atoms with Gasteiger partial charge < -0.3 is 10.4 Å². The Morgan fingerprint density at radius 1 is 1.29 bits per heavy atom. The number of halogens is 1. The summed E-state index contributed by atoms with van der Waals surface area (Å²) in [5.41, 5.74) is -0.898. The molecular formula is C14H17IN2O4. The fourth-order valence-corrected chi connectivity index (χ4v) is 3.22. The number of carboxylic acid groups (broad SMARTS) is 1. The van der Waals surface area contributed by atoms with E-state index in [-0.39, 0.29) is 11.4 Å². The largest absolute Gasteiger partial charge is 0.480 e. The van der Waals surface area contributed by atoms with Crippen LogP contribution < -0.4 is 5.32 Å². The number of carbonyl (C=O) groups is 1. The van der Waals surface area contributed by atoms with E-state index in [1.54, 1.807) is 12.1 Å². The molecule has 0 spiro atoms. The molecule has 0 heterocycles. The Morgan fingerprint density at radius 3 is 2.43 bits per heavy atom. The van der Waals surface area contributed by atoms with Gasteiger partial charge in [-0.3, -0.25) is 10.1 Å². The third-order valence-corrected chi connectivity index (χ3v) is 4.57. The Kier molecular flexibility index (Phi) is 5.02. The normalized spacial score (nSPS) is 17.8. The summed E-state index contributed by atoms with van der Waals surface area (Å²) in [6.07, 6.45) is 4.63. The van der Waals surface area contributed by atoms with Crippen LogP contribution in [0.3, 0.4) is 0 Å². The summed E-state index contributed by atoms with van der Waals surface area (Å²) in [5.74, 6) is -0.933. The number of nitrogens with zero attached hydrogens (tertiary/aromatic N) is 1. The molecule has 114 valence electrons. The van der Waals surface area contributed by atoms with Crippen LogP contribution in [-0.4, -0.2) is 21.5 Å². The Hall–Kier alpha value is -1.38. The van der Waals surface area contributed by atoms with Gasteiger partial charge >= 0.3 is 5.97 Å². The number of nitro groups is 1. The number of nitro benzene ring substituents is 1. The van der Waals surface area contributed by atoms with E-state index in [0.29, 0.717) is 12.8 Å². The van der Waals surface area contributed by atoms with Crippen LogP contribution >= 0.6 is 22.6 Å². The molecule has 1 aromatic rings. The van der Waals surface area contributed by atoms with Crippen molar-refractivity contribution in [2.75, 3.05) is 5.32 Å². The number of rotatable bonds is 4. The molecule has 0 saturated heterocycles. The van der Waals surface area contributed by atoms with Crippen LogP contribution in [0.1, 0.15) is 38.5 Å². The highest BCUT2D eigenvalue weighted by Gasteiger charge is 2.39.